The molecule has 0 atom stereocenters. The van der Waals surface area contributed by atoms with Crippen molar-refractivity contribution in [2.24, 2.45) is 0 Å². The van der Waals surface area contributed by atoms with E-state index in [2.05, 4.69) is 6.07 Å². The van der Waals surface area contributed by atoms with Crippen LogP contribution in [0.1, 0.15) is 16.9 Å². The molecule has 4 heteroatoms. The topological polar surface area (TPSA) is 40.2 Å². The molecule has 0 unspecified atom stereocenters. The van der Waals surface area contributed by atoms with Gasteiger partial charge in [0.1, 0.15) is 11.6 Å². The van der Waals surface area contributed by atoms with Crippen LogP contribution in [0.5, 0.6) is 0 Å². The van der Waals surface area contributed by atoms with E-state index in [1.54, 1.807) is 6.26 Å². The molecule has 0 bridgehead atoms. The fourth-order valence-corrected chi connectivity index (χ4v) is 2.07. The summed E-state index contributed by atoms with van der Waals surface area (Å²) in [7, 11) is 0. The molecule has 0 saturated heterocycles. The highest BCUT2D eigenvalue weighted by Crippen LogP contribution is 2.23. The molecule has 1 aliphatic heterocycles. The second-order valence-electron chi connectivity index (χ2n) is 3.94. The van der Waals surface area contributed by atoms with Crippen LogP contribution in [0, 0.1) is 5.41 Å². The SMILES string of the molecule is Br.N=C1c2ccccc2CN1Cc1ccco1. The van der Waals surface area contributed by atoms with Crippen molar-refractivity contribution in [3.63, 3.8) is 0 Å². The lowest BCUT2D eigenvalue weighted by atomic mass is 10.1. The quantitative estimate of drug-likeness (QED) is 0.923. The van der Waals surface area contributed by atoms with Gasteiger partial charge in [0.15, 0.2) is 0 Å². The first-order valence-corrected chi connectivity index (χ1v) is 5.29. The highest BCUT2D eigenvalue weighted by atomic mass is 79.9. The van der Waals surface area contributed by atoms with E-state index < -0.39 is 0 Å². The lowest BCUT2D eigenvalue weighted by molar-refractivity contribution is 0.366. The maximum atomic E-state index is 8.07. The molecule has 2 aromatic rings. The van der Waals surface area contributed by atoms with Crippen LogP contribution in [0.25, 0.3) is 0 Å². The Morgan fingerprint density at radius 1 is 1.18 bits per heavy atom. The second kappa shape index (κ2) is 4.75. The van der Waals surface area contributed by atoms with Crippen LogP contribution in [-0.2, 0) is 13.1 Å². The van der Waals surface area contributed by atoms with Crippen molar-refractivity contribution in [2.45, 2.75) is 13.1 Å². The molecule has 1 aliphatic rings. The van der Waals surface area contributed by atoms with Crippen LogP contribution in [0.3, 0.4) is 0 Å². The van der Waals surface area contributed by atoms with Gasteiger partial charge in [0, 0.05) is 12.1 Å². The molecule has 0 radical (unpaired) electrons. The Balaban J connectivity index is 0.00000108. The number of furan rings is 1. The molecule has 1 N–H and O–H groups in total. The number of hydrogen-bond acceptors (Lipinski definition) is 2. The van der Waals surface area contributed by atoms with Gasteiger partial charge in [-0.25, -0.2) is 0 Å². The van der Waals surface area contributed by atoms with Crippen molar-refractivity contribution in [3.8, 4) is 0 Å². The van der Waals surface area contributed by atoms with Crippen molar-refractivity contribution in [1.29, 1.82) is 5.41 Å². The lowest BCUT2D eigenvalue weighted by Gasteiger charge is -2.15. The van der Waals surface area contributed by atoms with E-state index >= 15 is 0 Å². The van der Waals surface area contributed by atoms with Gasteiger partial charge in [-0.2, -0.15) is 0 Å². The molecule has 17 heavy (non-hydrogen) atoms. The monoisotopic (exact) mass is 292 g/mol. The molecular formula is C13H13BrN2O. The van der Waals surface area contributed by atoms with Crippen molar-refractivity contribution < 1.29 is 4.42 Å². The minimum Gasteiger partial charge on any atom is -0.467 e. The van der Waals surface area contributed by atoms with E-state index in [1.165, 1.54) is 5.56 Å². The van der Waals surface area contributed by atoms with Gasteiger partial charge >= 0.3 is 0 Å². The largest absolute Gasteiger partial charge is 0.467 e. The summed E-state index contributed by atoms with van der Waals surface area (Å²) in [6.45, 7) is 1.47. The molecule has 0 saturated carbocycles. The van der Waals surface area contributed by atoms with Crippen molar-refractivity contribution in [3.05, 3.63) is 59.5 Å². The second-order valence-corrected chi connectivity index (χ2v) is 3.94. The molecule has 0 fully saturated rings. The molecule has 3 rings (SSSR count). The smallest absolute Gasteiger partial charge is 0.129 e. The van der Waals surface area contributed by atoms with Crippen molar-refractivity contribution in [2.75, 3.05) is 0 Å². The fourth-order valence-electron chi connectivity index (χ4n) is 2.07. The van der Waals surface area contributed by atoms with Gasteiger partial charge < -0.3 is 9.32 Å². The number of halogens is 1. The van der Waals surface area contributed by atoms with Crippen molar-refractivity contribution >= 4 is 22.8 Å². The van der Waals surface area contributed by atoms with Crippen LogP contribution in [0.4, 0.5) is 0 Å². The summed E-state index contributed by atoms with van der Waals surface area (Å²) in [6.07, 6.45) is 1.67. The zero-order valence-corrected chi connectivity index (χ0v) is 10.9. The predicted octanol–water partition coefficient (Wildman–Crippen LogP) is 3.20. The highest BCUT2D eigenvalue weighted by molar-refractivity contribution is 8.93. The number of rotatable bonds is 2. The summed E-state index contributed by atoms with van der Waals surface area (Å²) >= 11 is 0. The molecule has 88 valence electrons. The minimum absolute atomic E-state index is 0. The average molecular weight is 293 g/mol. The number of hydrogen-bond donors (Lipinski definition) is 1. The third-order valence-electron chi connectivity index (χ3n) is 2.88. The summed E-state index contributed by atoms with van der Waals surface area (Å²) in [4.78, 5) is 2.02. The van der Waals surface area contributed by atoms with Gasteiger partial charge in [-0.05, 0) is 17.7 Å². The Hall–Kier alpha value is -1.55. The zero-order chi connectivity index (χ0) is 11.0. The Kier molecular flexibility index (Phi) is 3.33. The fraction of sp³-hybridized carbons (Fsp3) is 0.154. The van der Waals surface area contributed by atoms with Gasteiger partial charge in [0.25, 0.3) is 0 Å². The van der Waals surface area contributed by atoms with Gasteiger partial charge in [-0.15, -0.1) is 17.0 Å². The van der Waals surface area contributed by atoms with Crippen LogP contribution >= 0.6 is 17.0 Å². The molecule has 3 nitrogen and oxygen atoms in total. The number of nitrogens with one attached hydrogen (secondary N) is 1. The van der Waals surface area contributed by atoms with E-state index in [9.17, 15) is 0 Å². The molecular weight excluding hydrogens is 280 g/mol. The molecule has 1 aromatic carbocycles. The number of nitrogens with zero attached hydrogens (tertiary/aromatic N) is 1. The standard InChI is InChI=1S/C13H12N2O.BrH/c14-13-12-6-2-1-4-10(12)8-15(13)9-11-5-3-7-16-11;/h1-7,14H,8-9H2;1H. The van der Waals surface area contributed by atoms with Gasteiger partial charge in [-0.1, -0.05) is 24.3 Å². The lowest BCUT2D eigenvalue weighted by Crippen LogP contribution is -2.22. The summed E-state index contributed by atoms with van der Waals surface area (Å²) in [6, 6.07) is 11.9. The first-order chi connectivity index (χ1) is 7.84. The van der Waals surface area contributed by atoms with E-state index in [1.807, 2.05) is 35.2 Å². The summed E-state index contributed by atoms with van der Waals surface area (Å²) < 4.78 is 5.30. The Labute approximate surface area is 110 Å². The Morgan fingerprint density at radius 3 is 2.71 bits per heavy atom. The third kappa shape index (κ3) is 2.13. The molecule has 0 aliphatic carbocycles. The molecule has 0 amide bonds. The van der Waals surface area contributed by atoms with E-state index in [-0.39, 0.29) is 17.0 Å². The normalized spacial score (nSPS) is 13.4. The molecule has 0 spiro atoms. The summed E-state index contributed by atoms with van der Waals surface area (Å²) in [5.41, 5.74) is 2.26. The number of benzene rings is 1. The first kappa shape index (κ1) is 11.9. The van der Waals surface area contributed by atoms with E-state index in [4.69, 9.17) is 9.83 Å². The maximum Gasteiger partial charge on any atom is 0.129 e. The van der Waals surface area contributed by atoms with Crippen molar-refractivity contribution in [1.82, 2.24) is 4.90 Å². The highest BCUT2D eigenvalue weighted by Gasteiger charge is 2.23. The number of fused-ring (bicyclic) bond motifs is 1. The average Bonchev–Trinajstić information content (AvgIpc) is 2.90. The van der Waals surface area contributed by atoms with Crippen LogP contribution in [-0.4, -0.2) is 10.7 Å². The van der Waals surface area contributed by atoms with Gasteiger partial charge in [-0.3, -0.25) is 5.41 Å². The number of amidine groups is 1. The molecule has 2 heterocycles. The van der Waals surface area contributed by atoms with Crippen LogP contribution in [0.15, 0.2) is 47.1 Å². The van der Waals surface area contributed by atoms with Crippen LogP contribution < -0.4 is 0 Å². The Bertz CT molecular complexity index is 520. The summed E-state index contributed by atoms with van der Waals surface area (Å²) in [5.74, 6) is 1.49. The van der Waals surface area contributed by atoms with Crippen LogP contribution in [0.2, 0.25) is 0 Å². The van der Waals surface area contributed by atoms with E-state index in [0.717, 1.165) is 17.9 Å². The minimum atomic E-state index is 0. The maximum absolute atomic E-state index is 8.07. The predicted molar refractivity (Wildman–Crippen MR) is 71.5 cm³/mol. The van der Waals surface area contributed by atoms with E-state index in [0.29, 0.717) is 12.4 Å². The van der Waals surface area contributed by atoms with Gasteiger partial charge in [0.05, 0.1) is 12.8 Å². The summed E-state index contributed by atoms with van der Waals surface area (Å²) in [5, 5.41) is 8.07. The van der Waals surface area contributed by atoms with Gasteiger partial charge in [0.2, 0.25) is 0 Å². The zero-order valence-electron chi connectivity index (χ0n) is 9.22. The Morgan fingerprint density at radius 2 is 2.00 bits per heavy atom. The third-order valence-corrected chi connectivity index (χ3v) is 2.88. The first-order valence-electron chi connectivity index (χ1n) is 5.29. The molecule has 1 aromatic heterocycles.